The first-order valence-corrected chi connectivity index (χ1v) is 4.79. The van der Waals surface area contributed by atoms with Gasteiger partial charge in [0.1, 0.15) is 0 Å². The van der Waals surface area contributed by atoms with E-state index in [-0.39, 0.29) is 0 Å². The van der Waals surface area contributed by atoms with Crippen LogP contribution in [0, 0.1) is 0 Å². The highest BCUT2D eigenvalue weighted by atomic mass is 15.2. The van der Waals surface area contributed by atoms with Crippen LogP contribution in [0.25, 0.3) is 0 Å². The average Bonchev–Trinajstić information content (AvgIpc) is 2.21. The molecule has 0 spiro atoms. The van der Waals surface area contributed by atoms with Crippen molar-refractivity contribution in [2.75, 3.05) is 26.2 Å². The number of allylic oxidation sites excluding steroid dienone is 4. The Morgan fingerprint density at radius 2 is 2.08 bits per heavy atom. The van der Waals surface area contributed by atoms with Crippen molar-refractivity contribution in [2.45, 2.75) is 6.92 Å². The van der Waals surface area contributed by atoms with Gasteiger partial charge in [0.05, 0.1) is 0 Å². The molecule has 0 aliphatic carbocycles. The third-order valence-electron chi connectivity index (χ3n) is 2.18. The smallest absolute Gasteiger partial charge is 0.0323 e. The lowest BCUT2D eigenvalue weighted by molar-refractivity contribution is 0.307. The Morgan fingerprint density at radius 3 is 2.62 bits per heavy atom. The maximum atomic E-state index is 3.67. The number of hydrogen-bond donors (Lipinski definition) is 1. The van der Waals surface area contributed by atoms with Gasteiger partial charge in [0.25, 0.3) is 0 Å². The van der Waals surface area contributed by atoms with E-state index in [1.165, 1.54) is 5.70 Å². The van der Waals surface area contributed by atoms with Crippen LogP contribution in [-0.2, 0) is 0 Å². The topological polar surface area (TPSA) is 15.3 Å². The second-order valence-corrected chi connectivity index (χ2v) is 3.05. The summed E-state index contributed by atoms with van der Waals surface area (Å²) in [6, 6.07) is 0. The van der Waals surface area contributed by atoms with E-state index >= 15 is 0 Å². The molecule has 0 aromatic carbocycles. The van der Waals surface area contributed by atoms with Gasteiger partial charge in [-0.25, -0.2) is 0 Å². The zero-order valence-electron chi connectivity index (χ0n) is 8.29. The van der Waals surface area contributed by atoms with E-state index < -0.39 is 0 Å². The monoisotopic (exact) mass is 178 g/mol. The van der Waals surface area contributed by atoms with Crippen molar-refractivity contribution in [1.29, 1.82) is 0 Å². The van der Waals surface area contributed by atoms with Crippen LogP contribution in [0.1, 0.15) is 6.92 Å². The molecule has 0 aromatic rings. The van der Waals surface area contributed by atoms with Crippen LogP contribution in [-0.4, -0.2) is 31.1 Å². The molecule has 0 amide bonds. The van der Waals surface area contributed by atoms with E-state index in [4.69, 9.17) is 0 Å². The van der Waals surface area contributed by atoms with Crippen LogP contribution >= 0.6 is 0 Å². The molecule has 13 heavy (non-hydrogen) atoms. The fourth-order valence-corrected chi connectivity index (χ4v) is 1.47. The van der Waals surface area contributed by atoms with E-state index in [0.717, 1.165) is 26.2 Å². The summed E-state index contributed by atoms with van der Waals surface area (Å²) in [5.41, 5.74) is 1.29. The SMILES string of the molecule is C=C/C=C\C(=C/C)N1CCNCC1. The van der Waals surface area contributed by atoms with Gasteiger partial charge in [-0.15, -0.1) is 0 Å². The van der Waals surface area contributed by atoms with E-state index in [1.807, 2.05) is 12.2 Å². The molecule has 0 saturated carbocycles. The van der Waals surface area contributed by atoms with Crippen molar-refractivity contribution >= 4 is 0 Å². The Balaban J connectivity index is 2.54. The Hall–Kier alpha value is -1.02. The molecule has 1 rings (SSSR count). The fourth-order valence-electron chi connectivity index (χ4n) is 1.47. The second kappa shape index (κ2) is 5.60. The Kier molecular flexibility index (Phi) is 4.33. The fraction of sp³-hybridized carbons (Fsp3) is 0.455. The normalized spacial score (nSPS) is 19.5. The zero-order chi connectivity index (χ0) is 9.52. The molecule has 1 heterocycles. The molecular weight excluding hydrogens is 160 g/mol. The summed E-state index contributed by atoms with van der Waals surface area (Å²) in [6.07, 6.45) is 8.05. The van der Waals surface area contributed by atoms with Gasteiger partial charge in [-0.2, -0.15) is 0 Å². The summed E-state index contributed by atoms with van der Waals surface area (Å²) in [5, 5.41) is 3.34. The minimum Gasteiger partial charge on any atom is -0.369 e. The lowest BCUT2D eigenvalue weighted by atomic mass is 10.2. The molecule has 1 fully saturated rings. The minimum absolute atomic E-state index is 1.08. The first kappa shape index (κ1) is 10.1. The van der Waals surface area contributed by atoms with E-state index in [9.17, 15) is 0 Å². The third kappa shape index (κ3) is 3.07. The van der Waals surface area contributed by atoms with Crippen LogP contribution in [0.5, 0.6) is 0 Å². The van der Waals surface area contributed by atoms with Gasteiger partial charge in [0, 0.05) is 31.9 Å². The highest BCUT2D eigenvalue weighted by Crippen LogP contribution is 2.06. The van der Waals surface area contributed by atoms with Crippen molar-refractivity contribution in [3.05, 3.63) is 36.6 Å². The van der Waals surface area contributed by atoms with Crippen molar-refractivity contribution in [2.24, 2.45) is 0 Å². The van der Waals surface area contributed by atoms with E-state index in [2.05, 4.69) is 35.9 Å². The number of piperazine rings is 1. The van der Waals surface area contributed by atoms with E-state index in [1.54, 1.807) is 0 Å². The average molecular weight is 178 g/mol. The molecule has 1 aliphatic heterocycles. The number of nitrogens with zero attached hydrogens (tertiary/aromatic N) is 1. The lowest BCUT2D eigenvalue weighted by Crippen LogP contribution is -2.42. The highest BCUT2D eigenvalue weighted by Gasteiger charge is 2.09. The van der Waals surface area contributed by atoms with E-state index in [0.29, 0.717) is 0 Å². The van der Waals surface area contributed by atoms with Crippen molar-refractivity contribution in [1.82, 2.24) is 10.2 Å². The Morgan fingerprint density at radius 1 is 1.38 bits per heavy atom. The summed E-state index contributed by atoms with van der Waals surface area (Å²) in [6.45, 7) is 10.1. The quantitative estimate of drug-likeness (QED) is 0.659. The molecule has 0 unspecified atom stereocenters. The molecule has 0 atom stereocenters. The Labute approximate surface area is 80.6 Å². The molecule has 1 N–H and O–H groups in total. The van der Waals surface area contributed by atoms with Crippen molar-refractivity contribution in [3.63, 3.8) is 0 Å². The maximum absolute atomic E-state index is 3.67. The van der Waals surface area contributed by atoms with Gasteiger partial charge in [0.2, 0.25) is 0 Å². The van der Waals surface area contributed by atoms with Gasteiger partial charge in [-0.05, 0) is 13.0 Å². The first-order valence-electron chi connectivity index (χ1n) is 4.79. The van der Waals surface area contributed by atoms with Gasteiger partial charge in [-0.1, -0.05) is 24.8 Å². The Bertz CT molecular complexity index is 210. The maximum Gasteiger partial charge on any atom is 0.0323 e. The minimum atomic E-state index is 1.08. The van der Waals surface area contributed by atoms with Gasteiger partial charge >= 0.3 is 0 Å². The summed E-state index contributed by atoms with van der Waals surface area (Å²) in [7, 11) is 0. The summed E-state index contributed by atoms with van der Waals surface area (Å²) >= 11 is 0. The predicted molar refractivity (Wildman–Crippen MR) is 57.5 cm³/mol. The summed E-state index contributed by atoms with van der Waals surface area (Å²) in [5.74, 6) is 0. The van der Waals surface area contributed by atoms with Gasteiger partial charge < -0.3 is 10.2 Å². The molecule has 0 radical (unpaired) electrons. The number of nitrogens with one attached hydrogen (secondary N) is 1. The van der Waals surface area contributed by atoms with Crippen molar-refractivity contribution in [3.8, 4) is 0 Å². The summed E-state index contributed by atoms with van der Waals surface area (Å²) in [4.78, 5) is 2.39. The molecule has 2 heteroatoms. The summed E-state index contributed by atoms with van der Waals surface area (Å²) < 4.78 is 0. The second-order valence-electron chi connectivity index (χ2n) is 3.05. The van der Waals surface area contributed by atoms with Crippen LogP contribution in [0.15, 0.2) is 36.6 Å². The van der Waals surface area contributed by atoms with Crippen LogP contribution in [0.4, 0.5) is 0 Å². The lowest BCUT2D eigenvalue weighted by Gasteiger charge is -2.30. The van der Waals surface area contributed by atoms with Crippen molar-refractivity contribution < 1.29 is 0 Å². The standard InChI is InChI=1S/C11H18N2/c1-3-5-6-11(4-2)13-9-7-12-8-10-13/h3-6,12H,1,7-10H2,2H3/b6-5-,11-4+. The largest absolute Gasteiger partial charge is 0.369 e. The van der Waals surface area contributed by atoms with Gasteiger partial charge in [-0.3, -0.25) is 0 Å². The molecular formula is C11H18N2. The molecule has 1 saturated heterocycles. The molecule has 1 aliphatic rings. The highest BCUT2D eigenvalue weighted by molar-refractivity contribution is 5.20. The van der Waals surface area contributed by atoms with Crippen LogP contribution < -0.4 is 5.32 Å². The number of rotatable bonds is 3. The first-order chi connectivity index (χ1) is 6.38. The number of hydrogen-bond acceptors (Lipinski definition) is 2. The van der Waals surface area contributed by atoms with Crippen LogP contribution in [0.3, 0.4) is 0 Å². The van der Waals surface area contributed by atoms with Gasteiger partial charge in [0.15, 0.2) is 0 Å². The molecule has 2 nitrogen and oxygen atoms in total. The van der Waals surface area contributed by atoms with Crippen LogP contribution in [0.2, 0.25) is 0 Å². The predicted octanol–water partition coefficient (Wildman–Crippen LogP) is 1.54. The zero-order valence-corrected chi connectivity index (χ0v) is 8.29. The molecule has 72 valence electrons. The third-order valence-corrected chi connectivity index (χ3v) is 2.18. The molecule has 0 aromatic heterocycles. The molecule has 0 bridgehead atoms.